The minimum absolute atomic E-state index is 0.189. The minimum Gasteiger partial charge on any atom is -0.362 e. The molecule has 3 rings (SSSR count). The molecule has 0 aliphatic rings. The SMILES string of the molecule is C[C@@H](Nc1ncnc2c1cnn2C)c1ccc(Br)s1. The van der Waals surface area contributed by atoms with Crippen LogP contribution in [0.4, 0.5) is 5.82 Å². The first-order valence-electron chi connectivity index (χ1n) is 5.79. The lowest BCUT2D eigenvalue weighted by molar-refractivity contribution is 0.785. The molecule has 1 N–H and O–H groups in total. The number of rotatable bonds is 3. The second-order valence-corrected chi connectivity index (χ2v) is 6.73. The molecule has 0 saturated heterocycles. The zero-order chi connectivity index (χ0) is 13.4. The maximum Gasteiger partial charge on any atom is 0.163 e. The van der Waals surface area contributed by atoms with E-state index in [0.717, 1.165) is 20.6 Å². The number of thiophene rings is 1. The van der Waals surface area contributed by atoms with Gasteiger partial charge in [0, 0.05) is 11.9 Å². The van der Waals surface area contributed by atoms with Crippen molar-refractivity contribution in [2.45, 2.75) is 13.0 Å². The van der Waals surface area contributed by atoms with Crippen molar-refractivity contribution < 1.29 is 0 Å². The molecule has 3 aromatic heterocycles. The number of hydrogen-bond acceptors (Lipinski definition) is 5. The Bertz CT molecular complexity index is 720. The highest BCUT2D eigenvalue weighted by molar-refractivity contribution is 9.11. The van der Waals surface area contributed by atoms with E-state index in [1.54, 1.807) is 28.5 Å². The van der Waals surface area contributed by atoms with Crippen molar-refractivity contribution in [3.63, 3.8) is 0 Å². The summed E-state index contributed by atoms with van der Waals surface area (Å²) < 4.78 is 2.87. The van der Waals surface area contributed by atoms with Crippen LogP contribution in [0.3, 0.4) is 0 Å². The third-order valence-electron chi connectivity index (χ3n) is 2.90. The molecule has 98 valence electrons. The van der Waals surface area contributed by atoms with E-state index < -0.39 is 0 Å². The van der Waals surface area contributed by atoms with E-state index in [-0.39, 0.29) is 6.04 Å². The smallest absolute Gasteiger partial charge is 0.163 e. The van der Waals surface area contributed by atoms with Gasteiger partial charge in [-0.05, 0) is 35.0 Å². The van der Waals surface area contributed by atoms with Gasteiger partial charge in [0.25, 0.3) is 0 Å². The van der Waals surface area contributed by atoms with Crippen LogP contribution in [0.5, 0.6) is 0 Å². The largest absolute Gasteiger partial charge is 0.362 e. The van der Waals surface area contributed by atoms with E-state index >= 15 is 0 Å². The lowest BCUT2D eigenvalue weighted by Crippen LogP contribution is -2.07. The van der Waals surface area contributed by atoms with Gasteiger partial charge in [0.15, 0.2) is 5.65 Å². The van der Waals surface area contributed by atoms with E-state index in [2.05, 4.69) is 55.4 Å². The molecular weight excluding hydrogens is 326 g/mol. The molecular formula is C12H12BrN5S. The number of anilines is 1. The van der Waals surface area contributed by atoms with Crippen molar-refractivity contribution in [1.29, 1.82) is 0 Å². The van der Waals surface area contributed by atoms with Gasteiger partial charge in [0.2, 0.25) is 0 Å². The summed E-state index contributed by atoms with van der Waals surface area (Å²) in [6, 6.07) is 4.35. The van der Waals surface area contributed by atoms with Crippen LogP contribution in [-0.2, 0) is 7.05 Å². The number of aromatic nitrogens is 4. The summed E-state index contributed by atoms with van der Waals surface area (Å²) in [5.41, 5.74) is 0.831. The fourth-order valence-electron chi connectivity index (χ4n) is 1.91. The van der Waals surface area contributed by atoms with Gasteiger partial charge in [-0.2, -0.15) is 5.10 Å². The van der Waals surface area contributed by atoms with Gasteiger partial charge in [-0.25, -0.2) is 9.97 Å². The van der Waals surface area contributed by atoms with Crippen molar-refractivity contribution in [3.05, 3.63) is 33.3 Å². The Hall–Kier alpha value is -1.47. The topological polar surface area (TPSA) is 55.6 Å². The number of halogens is 1. The molecule has 0 radical (unpaired) electrons. The van der Waals surface area contributed by atoms with E-state index in [9.17, 15) is 0 Å². The third-order valence-corrected chi connectivity index (χ3v) is 4.71. The summed E-state index contributed by atoms with van der Waals surface area (Å²) in [7, 11) is 1.87. The highest BCUT2D eigenvalue weighted by Gasteiger charge is 2.12. The van der Waals surface area contributed by atoms with Gasteiger partial charge in [0.1, 0.15) is 12.1 Å². The molecule has 0 amide bonds. The van der Waals surface area contributed by atoms with Crippen LogP contribution in [0.15, 0.2) is 28.4 Å². The zero-order valence-electron chi connectivity index (χ0n) is 10.5. The predicted molar refractivity (Wildman–Crippen MR) is 80.4 cm³/mol. The highest BCUT2D eigenvalue weighted by Crippen LogP contribution is 2.30. The maximum absolute atomic E-state index is 4.31. The van der Waals surface area contributed by atoms with Crippen molar-refractivity contribution in [1.82, 2.24) is 19.7 Å². The van der Waals surface area contributed by atoms with Gasteiger partial charge in [-0.1, -0.05) is 0 Å². The van der Waals surface area contributed by atoms with E-state index in [1.807, 2.05) is 7.05 Å². The summed E-state index contributed by atoms with van der Waals surface area (Å²) in [6.07, 6.45) is 3.35. The molecule has 0 bridgehead atoms. The third kappa shape index (κ3) is 2.35. The van der Waals surface area contributed by atoms with Crippen molar-refractivity contribution in [3.8, 4) is 0 Å². The number of nitrogens with one attached hydrogen (secondary N) is 1. The van der Waals surface area contributed by atoms with E-state index in [4.69, 9.17) is 0 Å². The molecule has 3 aromatic rings. The summed E-state index contributed by atoms with van der Waals surface area (Å²) >= 11 is 5.20. The summed E-state index contributed by atoms with van der Waals surface area (Å²) in [6.45, 7) is 2.11. The second kappa shape index (κ2) is 4.90. The zero-order valence-corrected chi connectivity index (χ0v) is 12.9. The molecule has 0 aromatic carbocycles. The number of fused-ring (bicyclic) bond motifs is 1. The highest BCUT2D eigenvalue weighted by atomic mass is 79.9. The minimum atomic E-state index is 0.189. The summed E-state index contributed by atoms with van der Waals surface area (Å²) in [5.74, 6) is 0.815. The Kier molecular flexibility index (Phi) is 3.24. The van der Waals surface area contributed by atoms with Crippen LogP contribution in [0.1, 0.15) is 17.8 Å². The Morgan fingerprint density at radius 3 is 2.95 bits per heavy atom. The first-order valence-corrected chi connectivity index (χ1v) is 7.40. The number of aryl methyl sites for hydroxylation is 1. The predicted octanol–water partition coefficient (Wildman–Crippen LogP) is 3.36. The normalized spacial score (nSPS) is 12.8. The van der Waals surface area contributed by atoms with Crippen molar-refractivity contribution in [2.24, 2.45) is 7.05 Å². The second-order valence-electron chi connectivity index (χ2n) is 4.24. The first-order chi connectivity index (χ1) is 9.15. The Balaban J connectivity index is 1.93. The van der Waals surface area contributed by atoms with Gasteiger partial charge in [0.05, 0.1) is 21.4 Å². The molecule has 0 aliphatic heterocycles. The van der Waals surface area contributed by atoms with Crippen LogP contribution in [-0.4, -0.2) is 19.7 Å². The average Bonchev–Trinajstić information content (AvgIpc) is 2.98. The molecule has 1 atom stereocenters. The van der Waals surface area contributed by atoms with E-state index in [1.165, 1.54) is 4.88 Å². The van der Waals surface area contributed by atoms with Crippen LogP contribution in [0.25, 0.3) is 11.0 Å². The van der Waals surface area contributed by atoms with Crippen molar-refractivity contribution in [2.75, 3.05) is 5.32 Å². The van der Waals surface area contributed by atoms with Gasteiger partial charge >= 0.3 is 0 Å². The maximum atomic E-state index is 4.31. The standard InChI is InChI=1S/C12H12BrN5S/c1-7(9-3-4-10(13)19-9)17-11-8-5-16-18(2)12(8)15-6-14-11/h3-7H,1-2H3,(H,14,15,17)/t7-/m1/s1. The number of hydrogen-bond donors (Lipinski definition) is 1. The molecule has 0 spiro atoms. The molecule has 0 aliphatic carbocycles. The van der Waals surface area contributed by atoms with Crippen LogP contribution < -0.4 is 5.32 Å². The molecule has 0 unspecified atom stereocenters. The van der Waals surface area contributed by atoms with E-state index in [0.29, 0.717) is 0 Å². The Morgan fingerprint density at radius 2 is 2.21 bits per heavy atom. The fraction of sp³-hybridized carbons (Fsp3) is 0.250. The number of nitrogens with zero attached hydrogens (tertiary/aromatic N) is 4. The average molecular weight is 338 g/mol. The fourth-order valence-corrected chi connectivity index (χ4v) is 3.34. The quantitative estimate of drug-likeness (QED) is 0.796. The van der Waals surface area contributed by atoms with Crippen LogP contribution >= 0.6 is 27.3 Å². The molecule has 3 heterocycles. The lowest BCUT2D eigenvalue weighted by atomic mass is 10.2. The molecule has 7 heteroatoms. The molecule has 0 saturated carbocycles. The molecule has 19 heavy (non-hydrogen) atoms. The van der Waals surface area contributed by atoms with Crippen LogP contribution in [0, 0.1) is 0 Å². The summed E-state index contributed by atoms with van der Waals surface area (Å²) in [5, 5.41) is 8.56. The Morgan fingerprint density at radius 1 is 1.37 bits per heavy atom. The lowest BCUT2D eigenvalue weighted by Gasteiger charge is -2.13. The molecule has 5 nitrogen and oxygen atoms in total. The van der Waals surface area contributed by atoms with Crippen molar-refractivity contribution >= 4 is 44.1 Å². The summed E-state index contributed by atoms with van der Waals surface area (Å²) in [4.78, 5) is 9.79. The van der Waals surface area contributed by atoms with Gasteiger partial charge < -0.3 is 5.32 Å². The van der Waals surface area contributed by atoms with Gasteiger partial charge in [-0.15, -0.1) is 11.3 Å². The van der Waals surface area contributed by atoms with Crippen LogP contribution in [0.2, 0.25) is 0 Å². The molecule has 0 fully saturated rings. The monoisotopic (exact) mass is 337 g/mol. The Labute approximate surface area is 122 Å². The first kappa shape index (κ1) is 12.6. The van der Waals surface area contributed by atoms with Gasteiger partial charge in [-0.3, -0.25) is 4.68 Å².